The SMILES string of the molecule is FC(F)Oc1ccc2c(c1)OC(c1ccc(Cl)cc1Cl)=CC21CCCC1.O=C(O)c1[nH]nc2c1COc1ccccc1-2. The summed E-state index contributed by atoms with van der Waals surface area (Å²) in [5.74, 6) is 0.953. The summed E-state index contributed by atoms with van der Waals surface area (Å²) in [5.41, 5.74) is 3.76. The van der Waals surface area contributed by atoms with Crippen molar-refractivity contribution in [1.82, 2.24) is 10.2 Å². The Balaban J connectivity index is 0.000000168. The molecule has 1 spiro atoms. The largest absolute Gasteiger partial charge is 0.488 e. The highest BCUT2D eigenvalue weighted by molar-refractivity contribution is 6.35. The summed E-state index contributed by atoms with van der Waals surface area (Å²) in [7, 11) is 0. The van der Waals surface area contributed by atoms with Crippen molar-refractivity contribution in [3.05, 3.63) is 99.2 Å². The van der Waals surface area contributed by atoms with E-state index in [1.165, 1.54) is 6.07 Å². The summed E-state index contributed by atoms with van der Waals surface area (Å²) in [6.45, 7) is -2.64. The molecule has 0 radical (unpaired) electrons. The van der Waals surface area contributed by atoms with Crippen molar-refractivity contribution in [1.29, 1.82) is 0 Å². The maximum absolute atomic E-state index is 12.6. The van der Waals surface area contributed by atoms with Crippen LogP contribution in [0.5, 0.6) is 17.2 Å². The van der Waals surface area contributed by atoms with Crippen LogP contribution in [-0.4, -0.2) is 27.9 Å². The highest BCUT2D eigenvalue weighted by Crippen LogP contribution is 2.52. The highest BCUT2D eigenvalue weighted by Gasteiger charge is 2.40. The predicted molar refractivity (Wildman–Crippen MR) is 154 cm³/mol. The zero-order valence-corrected chi connectivity index (χ0v) is 23.5. The topological polar surface area (TPSA) is 93.7 Å². The smallest absolute Gasteiger partial charge is 0.387 e. The molecule has 0 bridgehead atoms. The lowest BCUT2D eigenvalue weighted by atomic mass is 9.76. The van der Waals surface area contributed by atoms with Crippen LogP contribution in [-0.2, 0) is 12.0 Å². The first kappa shape index (κ1) is 28.1. The molecule has 3 aromatic carbocycles. The molecular formula is C31H24Cl2F2N2O5. The Hall–Kier alpha value is -4.08. The zero-order chi connectivity index (χ0) is 29.4. The van der Waals surface area contributed by atoms with Gasteiger partial charge in [-0.1, -0.05) is 54.2 Å². The summed E-state index contributed by atoms with van der Waals surface area (Å²) in [4.78, 5) is 10.9. The normalized spacial score (nSPS) is 15.8. The molecule has 42 heavy (non-hydrogen) atoms. The summed E-state index contributed by atoms with van der Waals surface area (Å²) < 4.78 is 41.2. The third-order valence-electron chi connectivity index (χ3n) is 7.63. The van der Waals surface area contributed by atoms with Crippen molar-refractivity contribution in [2.45, 2.75) is 44.3 Å². The van der Waals surface area contributed by atoms with Crippen molar-refractivity contribution in [2.24, 2.45) is 0 Å². The fourth-order valence-electron chi connectivity index (χ4n) is 5.74. The monoisotopic (exact) mass is 612 g/mol. The zero-order valence-electron chi connectivity index (χ0n) is 22.0. The van der Waals surface area contributed by atoms with Crippen LogP contribution in [0.3, 0.4) is 0 Å². The van der Waals surface area contributed by atoms with Gasteiger partial charge in [-0.2, -0.15) is 13.9 Å². The van der Waals surface area contributed by atoms with E-state index in [1.54, 1.807) is 18.2 Å². The number of carbonyl (C=O) groups is 1. The molecule has 1 aromatic heterocycles. The number of aromatic carboxylic acids is 1. The molecule has 0 amide bonds. The van der Waals surface area contributed by atoms with Crippen LogP contribution < -0.4 is 14.2 Å². The Morgan fingerprint density at radius 1 is 1.02 bits per heavy atom. The van der Waals surface area contributed by atoms with Gasteiger partial charge < -0.3 is 19.3 Å². The van der Waals surface area contributed by atoms with E-state index >= 15 is 0 Å². The number of para-hydroxylation sites is 1. The standard InChI is InChI=1S/C20H16Cl2F2O2.C11H8N2O3/c21-12-3-5-14(16(22)9-12)18-11-20(7-1-2-8-20)15-6-4-13(25-19(23)24)10-17(15)26-18;14-11(15)10-7-5-16-8-4-2-1-3-6(8)9(7)12-13-10/h3-6,9-11,19H,1-2,7-8H2;1-4H,5H2,(H,12,13)(H,14,15). The minimum absolute atomic E-state index is 0.0790. The number of aromatic amines is 1. The van der Waals surface area contributed by atoms with Crippen molar-refractivity contribution in [3.8, 4) is 28.5 Å². The molecular weight excluding hydrogens is 589 g/mol. The van der Waals surface area contributed by atoms with Gasteiger partial charge >= 0.3 is 12.6 Å². The van der Waals surface area contributed by atoms with E-state index in [2.05, 4.69) is 21.0 Å². The maximum Gasteiger partial charge on any atom is 0.387 e. The molecule has 1 fully saturated rings. The quantitative estimate of drug-likeness (QED) is 0.240. The number of carboxylic acid groups (broad SMARTS) is 1. The minimum atomic E-state index is -2.88. The minimum Gasteiger partial charge on any atom is -0.488 e. The average Bonchev–Trinajstić information content (AvgIpc) is 3.61. The van der Waals surface area contributed by atoms with Gasteiger partial charge in [0.05, 0.1) is 10.6 Å². The molecule has 0 atom stereocenters. The number of alkyl halides is 2. The van der Waals surface area contributed by atoms with E-state index in [0.717, 1.165) is 48.1 Å². The number of H-pyrrole nitrogens is 1. The van der Waals surface area contributed by atoms with Crippen molar-refractivity contribution in [2.75, 3.05) is 0 Å². The van der Waals surface area contributed by atoms with Crippen LogP contribution in [0.4, 0.5) is 8.78 Å². The van der Waals surface area contributed by atoms with E-state index in [4.69, 9.17) is 37.8 Å². The van der Waals surface area contributed by atoms with Gasteiger partial charge in [0.25, 0.3) is 0 Å². The van der Waals surface area contributed by atoms with Gasteiger partial charge in [0.15, 0.2) is 5.69 Å². The lowest BCUT2D eigenvalue weighted by Gasteiger charge is -2.34. The van der Waals surface area contributed by atoms with E-state index < -0.39 is 12.6 Å². The Morgan fingerprint density at radius 2 is 1.81 bits per heavy atom. The molecule has 3 aliphatic rings. The van der Waals surface area contributed by atoms with Gasteiger partial charge in [-0.05, 0) is 55.3 Å². The molecule has 1 aliphatic carbocycles. The number of aromatic nitrogens is 2. The van der Waals surface area contributed by atoms with Gasteiger partial charge in [-0.3, -0.25) is 5.10 Å². The molecule has 3 heterocycles. The first-order valence-electron chi connectivity index (χ1n) is 13.2. The first-order chi connectivity index (χ1) is 20.2. The molecule has 2 N–H and O–H groups in total. The average molecular weight is 613 g/mol. The van der Waals surface area contributed by atoms with Gasteiger partial charge in [0.1, 0.15) is 35.3 Å². The number of hydrogen-bond acceptors (Lipinski definition) is 5. The fourth-order valence-corrected chi connectivity index (χ4v) is 6.24. The van der Waals surface area contributed by atoms with E-state index in [-0.39, 0.29) is 23.5 Å². The number of ether oxygens (including phenoxy) is 3. The Morgan fingerprint density at radius 3 is 2.55 bits per heavy atom. The van der Waals surface area contributed by atoms with Gasteiger partial charge in [-0.25, -0.2) is 4.79 Å². The molecule has 216 valence electrons. The molecule has 0 unspecified atom stereocenters. The Bertz CT molecular complexity index is 1700. The summed E-state index contributed by atoms with van der Waals surface area (Å²) in [6, 6.07) is 17.6. The number of nitrogens with one attached hydrogen (secondary N) is 1. The second-order valence-corrected chi connectivity index (χ2v) is 11.0. The third-order valence-corrected chi connectivity index (χ3v) is 8.18. The number of nitrogens with zero attached hydrogens (tertiary/aromatic N) is 1. The Labute approximate surface area is 249 Å². The van der Waals surface area contributed by atoms with Crippen LogP contribution in [0.15, 0.2) is 66.7 Å². The summed E-state index contributed by atoms with van der Waals surface area (Å²) in [5, 5.41) is 16.5. The predicted octanol–water partition coefficient (Wildman–Crippen LogP) is 8.51. The number of rotatable bonds is 4. The highest BCUT2D eigenvalue weighted by atomic mass is 35.5. The molecule has 4 aromatic rings. The van der Waals surface area contributed by atoms with Crippen molar-refractivity contribution >= 4 is 34.9 Å². The molecule has 2 aliphatic heterocycles. The van der Waals surface area contributed by atoms with E-state index in [9.17, 15) is 13.6 Å². The number of allylic oxidation sites excluding steroid dienone is 1. The molecule has 7 rings (SSSR count). The van der Waals surface area contributed by atoms with Crippen LogP contribution >= 0.6 is 23.2 Å². The number of carboxylic acids is 1. The molecule has 0 saturated heterocycles. The maximum atomic E-state index is 12.6. The van der Waals surface area contributed by atoms with Crippen LogP contribution in [0, 0.1) is 0 Å². The summed E-state index contributed by atoms with van der Waals surface area (Å²) in [6.07, 6.45) is 6.28. The number of fused-ring (bicyclic) bond motifs is 5. The Kier molecular flexibility index (Phi) is 7.55. The van der Waals surface area contributed by atoms with Crippen LogP contribution in [0.1, 0.15) is 52.9 Å². The van der Waals surface area contributed by atoms with Gasteiger partial charge in [-0.15, -0.1) is 0 Å². The molecule has 1 saturated carbocycles. The van der Waals surface area contributed by atoms with Gasteiger partial charge in [0, 0.05) is 33.2 Å². The fraction of sp³-hybridized carbons (Fsp3) is 0.226. The first-order valence-corrected chi connectivity index (χ1v) is 14.0. The second-order valence-electron chi connectivity index (χ2n) is 10.2. The van der Waals surface area contributed by atoms with Gasteiger partial charge in [0.2, 0.25) is 0 Å². The molecule has 11 heteroatoms. The van der Waals surface area contributed by atoms with E-state index in [0.29, 0.717) is 32.8 Å². The third kappa shape index (κ3) is 5.30. The number of hydrogen-bond donors (Lipinski definition) is 2. The van der Waals surface area contributed by atoms with Crippen LogP contribution in [0.25, 0.3) is 17.0 Å². The second kappa shape index (κ2) is 11.3. The van der Waals surface area contributed by atoms with Crippen LogP contribution in [0.2, 0.25) is 10.0 Å². The number of benzene rings is 3. The van der Waals surface area contributed by atoms with Crippen molar-refractivity contribution < 1.29 is 32.9 Å². The molecule has 7 nitrogen and oxygen atoms in total. The lowest BCUT2D eigenvalue weighted by molar-refractivity contribution is -0.0499. The summed E-state index contributed by atoms with van der Waals surface area (Å²) >= 11 is 12.4. The number of halogens is 4. The van der Waals surface area contributed by atoms with Crippen molar-refractivity contribution in [3.63, 3.8) is 0 Å². The van der Waals surface area contributed by atoms with E-state index in [1.807, 2.05) is 36.4 Å². The lowest BCUT2D eigenvalue weighted by Crippen LogP contribution is -2.25.